The van der Waals surface area contributed by atoms with Crippen LogP contribution in [0.25, 0.3) is 0 Å². The quantitative estimate of drug-likeness (QED) is 0.793. The van der Waals surface area contributed by atoms with E-state index in [0.717, 1.165) is 44.9 Å². The third kappa shape index (κ3) is 2.63. The third-order valence-corrected chi connectivity index (χ3v) is 7.58. The van der Waals surface area contributed by atoms with Gasteiger partial charge in [0.1, 0.15) is 5.78 Å². The molecule has 0 spiro atoms. The predicted octanol–water partition coefficient (Wildman–Crippen LogP) is 3.11. The molecule has 23 heavy (non-hydrogen) atoms. The summed E-state index contributed by atoms with van der Waals surface area (Å²) in [6, 6.07) is 0. The summed E-state index contributed by atoms with van der Waals surface area (Å²) in [6.45, 7) is 4.36. The van der Waals surface area contributed by atoms with Gasteiger partial charge < -0.3 is 9.84 Å². The van der Waals surface area contributed by atoms with Crippen molar-refractivity contribution in [3.63, 3.8) is 0 Å². The standard InChI is InChI=1S/C19H30O4/c1-18(9-7-14(20)11-15(18)17(22)23-3)13-6-8-19(2)12(10-13)4-5-16(19)21/h12-15,20H,4-11H2,1-3H3. The highest BCUT2D eigenvalue weighted by molar-refractivity contribution is 5.87. The fourth-order valence-electron chi connectivity index (χ4n) is 5.70. The normalized spacial score (nSPS) is 47.2. The molecule has 0 amide bonds. The number of ether oxygens (including phenoxy) is 1. The predicted molar refractivity (Wildman–Crippen MR) is 86.6 cm³/mol. The average molecular weight is 322 g/mol. The molecule has 6 unspecified atom stereocenters. The van der Waals surface area contributed by atoms with Gasteiger partial charge >= 0.3 is 5.97 Å². The maximum Gasteiger partial charge on any atom is 0.309 e. The van der Waals surface area contributed by atoms with Crippen LogP contribution in [0, 0.1) is 28.6 Å². The second kappa shape index (κ2) is 5.87. The van der Waals surface area contributed by atoms with Gasteiger partial charge in [-0.15, -0.1) is 0 Å². The van der Waals surface area contributed by atoms with E-state index in [1.54, 1.807) is 0 Å². The molecule has 3 aliphatic rings. The number of ketones is 1. The van der Waals surface area contributed by atoms with Gasteiger partial charge in [0.15, 0.2) is 0 Å². The van der Waals surface area contributed by atoms with E-state index >= 15 is 0 Å². The molecule has 0 aromatic heterocycles. The van der Waals surface area contributed by atoms with Gasteiger partial charge in [-0.1, -0.05) is 13.8 Å². The third-order valence-electron chi connectivity index (χ3n) is 7.58. The first-order valence-electron chi connectivity index (χ1n) is 9.10. The van der Waals surface area contributed by atoms with Crippen molar-refractivity contribution in [1.82, 2.24) is 0 Å². The van der Waals surface area contributed by atoms with Crippen LogP contribution in [0.3, 0.4) is 0 Å². The van der Waals surface area contributed by atoms with Crippen LogP contribution in [-0.4, -0.2) is 30.1 Å². The Morgan fingerprint density at radius 2 is 1.87 bits per heavy atom. The molecule has 130 valence electrons. The SMILES string of the molecule is COC(=O)C1CC(O)CCC1(C)C1CCC2(C)C(=O)CCC2C1. The number of carbonyl (C=O) groups is 2. The topological polar surface area (TPSA) is 63.6 Å². The van der Waals surface area contributed by atoms with E-state index in [1.807, 2.05) is 0 Å². The molecule has 4 nitrogen and oxygen atoms in total. The van der Waals surface area contributed by atoms with Crippen molar-refractivity contribution < 1.29 is 19.4 Å². The second-order valence-electron chi connectivity index (χ2n) is 8.56. The lowest BCUT2D eigenvalue weighted by molar-refractivity contribution is -0.160. The molecule has 1 N–H and O–H groups in total. The van der Waals surface area contributed by atoms with Crippen LogP contribution in [0.4, 0.5) is 0 Å². The fourth-order valence-corrected chi connectivity index (χ4v) is 5.70. The Bertz CT molecular complexity index is 502. The van der Waals surface area contributed by atoms with Crippen LogP contribution in [0.15, 0.2) is 0 Å². The Morgan fingerprint density at radius 1 is 1.13 bits per heavy atom. The first kappa shape index (κ1) is 16.9. The van der Waals surface area contributed by atoms with Gasteiger partial charge in [-0.3, -0.25) is 9.59 Å². The molecule has 0 aliphatic heterocycles. The molecule has 0 saturated heterocycles. The Hall–Kier alpha value is -0.900. The number of Topliss-reactive ketones (excluding diaryl/α,β-unsaturated/α-hetero) is 1. The molecule has 3 fully saturated rings. The molecule has 3 aliphatic carbocycles. The molecular formula is C19H30O4. The maximum atomic E-state index is 12.3. The van der Waals surface area contributed by atoms with Crippen LogP contribution in [-0.2, 0) is 14.3 Å². The molecular weight excluding hydrogens is 292 g/mol. The smallest absolute Gasteiger partial charge is 0.309 e. The van der Waals surface area contributed by atoms with Gasteiger partial charge in [0.25, 0.3) is 0 Å². The lowest BCUT2D eigenvalue weighted by atomic mass is 9.53. The molecule has 6 atom stereocenters. The summed E-state index contributed by atoms with van der Waals surface area (Å²) >= 11 is 0. The van der Waals surface area contributed by atoms with E-state index in [9.17, 15) is 14.7 Å². The molecule has 0 aromatic rings. The highest BCUT2D eigenvalue weighted by Gasteiger charge is 2.55. The minimum absolute atomic E-state index is 0.112. The molecule has 0 heterocycles. The second-order valence-corrected chi connectivity index (χ2v) is 8.56. The molecule has 3 rings (SSSR count). The summed E-state index contributed by atoms with van der Waals surface area (Å²) in [7, 11) is 1.44. The number of aliphatic hydroxyl groups is 1. The summed E-state index contributed by atoms with van der Waals surface area (Å²) in [6.07, 6.45) is 6.50. The number of rotatable bonds is 2. The summed E-state index contributed by atoms with van der Waals surface area (Å²) in [5, 5.41) is 10.0. The monoisotopic (exact) mass is 322 g/mol. The zero-order chi connectivity index (χ0) is 16.8. The molecule has 4 heteroatoms. The molecule has 0 bridgehead atoms. The lowest BCUT2D eigenvalue weighted by Crippen LogP contribution is -2.49. The number of methoxy groups -OCH3 is 1. The fraction of sp³-hybridized carbons (Fsp3) is 0.895. The van der Waals surface area contributed by atoms with E-state index in [1.165, 1.54) is 7.11 Å². The number of fused-ring (bicyclic) bond motifs is 1. The van der Waals surface area contributed by atoms with Gasteiger partial charge in [0.05, 0.1) is 19.1 Å². The van der Waals surface area contributed by atoms with E-state index < -0.39 is 6.10 Å². The Labute approximate surface area is 139 Å². The van der Waals surface area contributed by atoms with E-state index in [4.69, 9.17) is 4.74 Å². The maximum absolute atomic E-state index is 12.3. The van der Waals surface area contributed by atoms with Gasteiger partial charge in [0.2, 0.25) is 0 Å². The van der Waals surface area contributed by atoms with Gasteiger partial charge in [-0.05, 0) is 62.2 Å². The minimum Gasteiger partial charge on any atom is -0.469 e. The van der Waals surface area contributed by atoms with Crippen LogP contribution < -0.4 is 0 Å². The average Bonchev–Trinajstić information content (AvgIpc) is 2.84. The number of esters is 1. The Kier molecular flexibility index (Phi) is 4.33. The van der Waals surface area contributed by atoms with Crippen molar-refractivity contribution in [3.8, 4) is 0 Å². The Morgan fingerprint density at radius 3 is 2.57 bits per heavy atom. The lowest BCUT2D eigenvalue weighted by Gasteiger charge is -2.51. The number of aliphatic hydroxyl groups excluding tert-OH is 1. The first-order chi connectivity index (χ1) is 10.8. The minimum atomic E-state index is -0.394. The summed E-state index contributed by atoms with van der Waals surface area (Å²) < 4.78 is 5.04. The summed E-state index contributed by atoms with van der Waals surface area (Å²) in [5.41, 5.74) is -0.235. The van der Waals surface area contributed by atoms with E-state index in [2.05, 4.69) is 13.8 Å². The van der Waals surface area contributed by atoms with Crippen molar-refractivity contribution >= 4 is 11.8 Å². The highest BCUT2D eigenvalue weighted by Crippen LogP contribution is 2.58. The largest absolute Gasteiger partial charge is 0.469 e. The van der Waals surface area contributed by atoms with Gasteiger partial charge in [-0.25, -0.2) is 0 Å². The molecule has 3 saturated carbocycles. The van der Waals surface area contributed by atoms with Gasteiger partial charge in [-0.2, -0.15) is 0 Å². The van der Waals surface area contributed by atoms with Crippen LogP contribution in [0.1, 0.15) is 65.2 Å². The summed E-state index contributed by atoms with van der Waals surface area (Å²) in [5.74, 6) is 0.957. The Balaban J connectivity index is 1.82. The number of carbonyl (C=O) groups excluding carboxylic acids is 2. The highest BCUT2D eigenvalue weighted by atomic mass is 16.5. The number of hydrogen-bond acceptors (Lipinski definition) is 4. The zero-order valence-electron chi connectivity index (χ0n) is 14.6. The zero-order valence-corrected chi connectivity index (χ0v) is 14.6. The van der Waals surface area contributed by atoms with Crippen molar-refractivity contribution in [1.29, 1.82) is 0 Å². The summed E-state index contributed by atoms with van der Waals surface area (Å²) in [4.78, 5) is 24.6. The van der Waals surface area contributed by atoms with Crippen LogP contribution >= 0.6 is 0 Å². The molecule has 0 radical (unpaired) electrons. The van der Waals surface area contributed by atoms with E-state index in [-0.39, 0.29) is 22.7 Å². The number of hydrogen-bond donors (Lipinski definition) is 1. The van der Waals surface area contributed by atoms with Crippen molar-refractivity contribution in [2.24, 2.45) is 28.6 Å². The van der Waals surface area contributed by atoms with Crippen molar-refractivity contribution in [2.45, 2.75) is 71.3 Å². The van der Waals surface area contributed by atoms with Crippen LogP contribution in [0.2, 0.25) is 0 Å². The first-order valence-corrected chi connectivity index (χ1v) is 9.10. The molecule has 0 aromatic carbocycles. The van der Waals surface area contributed by atoms with Crippen molar-refractivity contribution in [3.05, 3.63) is 0 Å². The van der Waals surface area contributed by atoms with Crippen LogP contribution in [0.5, 0.6) is 0 Å². The van der Waals surface area contributed by atoms with Crippen molar-refractivity contribution in [2.75, 3.05) is 7.11 Å². The van der Waals surface area contributed by atoms with Gasteiger partial charge in [0, 0.05) is 11.8 Å². The van der Waals surface area contributed by atoms with E-state index in [0.29, 0.717) is 24.0 Å².